The van der Waals surface area contributed by atoms with E-state index in [0.29, 0.717) is 18.6 Å². The van der Waals surface area contributed by atoms with Crippen LogP contribution < -0.4 is 0 Å². The van der Waals surface area contributed by atoms with Gasteiger partial charge < -0.3 is 18.9 Å². The first-order valence-electron chi connectivity index (χ1n) is 10.7. The molecule has 0 fully saturated rings. The molecule has 34 heavy (non-hydrogen) atoms. The summed E-state index contributed by atoms with van der Waals surface area (Å²) in [6.07, 6.45) is 3.18. The highest BCUT2D eigenvalue weighted by Crippen LogP contribution is 2.44. The molecular weight excluding hydrogens is 442 g/mol. The van der Waals surface area contributed by atoms with Crippen LogP contribution in [0.3, 0.4) is 0 Å². The molecule has 0 aromatic heterocycles. The fraction of sp³-hybridized carbons (Fsp3) is 0.280. The van der Waals surface area contributed by atoms with Crippen molar-refractivity contribution >= 4 is 17.6 Å². The Hall–Kier alpha value is -3.98. The molecule has 2 aliphatic rings. The molecule has 0 N–H and O–H groups in total. The van der Waals surface area contributed by atoms with Crippen molar-refractivity contribution in [3.63, 3.8) is 0 Å². The molecule has 0 saturated carbocycles. The van der Waals surface area contributed by atoms with Gasteiger partial charge in [-0.15, -0.1) is 0 Å². The number of fused-ring (bicyclic) bond motifs is 1. The third kappa shape index (κ3) is 4.99. The highest BCUT2D eigenvalue weighted by molar-refractivity contribution is 5.90. The van der Waals surface area contributed by atoms with Gasteiger partial charge in [-0.3, -0.25) is 10.1 Å². The summed E-state index contributed by atoms with van der Waals surface area (Å²) in [5.74, 6) is -1.65. The van der Waals surface area contributed by atoms with Gasteiger partial charge in [-0.2, -0.15) is 0 Å². The SMILES string of the molecule is COC(=O)C1=CO[C@@H](OCc2ccccc2)[C@@H]2C(COC(=O)c3ccc([N+](=O)[O-])cc3)=CC[C@H]12. The van der Waals surface area contributed by atoms with Gasteiger partial charge in [0.25, 0.3) is 5.69 Å². The van der Waals surface area contributed by atoms with Crippen LogP contribution in [0.1, 0.15) is 22.3 Å². The first-order valence-corrected chi connectivity index (χ1v) is 10.7. The third-order valence-corrected chi connectivity index (χ3v) is 5.88. The van der Waals surface area contributed by atoms with Crippen LogP contribution >= 0.6 is 0 Å². The highest BCUT2D eigenvalue weighted by Gasteiger charge is 2.45. The fourth-order valence-electron chi connectivity index (χ4n) is 4.14. The minimum atomic E-state index is -0.676. The molecule has 1 aliphatic heterocycles. The molecule has 9 heteroatoms. The average molecular weight is 465 g/mol. The fourth-order valence-corrected chi connectivity index (χ4v) is 4.14. The summed E-state index contributed by atoms with van der Waals surface area (Å²) in [5.41, 5.74) is 2.23. The number of allylic oxidation sites excluding steroid dienone is 1. The summed E-state index contributed by atoms with van der Waals surface area (Å²) in [6.45, 7) is 0.284. The average Bonchev–Trinajstić information content (AvgIpc) is 3.30. The van der Waals surface area contributed by atoms with E-state index in [1.165, 1.54) is 37.6 Å². The maximum Gasteiger partial charge on any atom is 0.338 e. The van der Waals surface area contributed by atoms with E-state index >= 15 is 0 Å². The second-order valence-electron chi connectivity index (χ2n) is 7.89. The predicted molar refractivity (Wildman–Crippen MR) is 119 cm³/mol. The zero-order valence-electron chi connectivity index (χ0n) is 18.4. The van der Waals surface area contributed by atoms with Crippen LogP contribution in [0.5, 0.6) is 0 Å². The Morgan fingerprint density at radius 2 is 1.79 bits per heavy atom. The minimum Gasteiger partial charge on any atom is -0.471 e. The second kappa shape index (κ2) is 10.3. The number of hydrogen-bond donors (Lipinski definition) is 0. The molecule has 0 amide bonds. The van der Waals surface area contributed by atoms with Gasteiger partial charge >= 0.3 is 11.9 Å². The number of ether oxygens (including phenoxy) is 4. The van der Waals surface area contributed by atoms with Gasteiger partial charge in [0, 0.05) is 18.1 Å². The lowest BCUT2D eigenvalue weighted by Crippen LogP contribution is -2.37. The lowest BCUT2D eigenvalue weighted by Gasteiger charge is -2.34. The van der Waals surface area contributed by atoms with Crippen LogP contribution in [0.2, 0.25) is 0 Å². The van der Waals surface area contributed by atoms with E-state index in [1.54, 1.807) is 0 Å². The molecule has 0 bridgehead atoms. The number of carbonyl (C=O) groups excluding carboxylic acids is 2. The number of nitro benzene ring substituents is 1. The molecule has 4 rings (SSSR count). The van der Waals surface area contributed by atoms with E-state index in [2.05, 4.69) is 0 Å². The van der Waals surface area contributed by atoms with Crippen molar-refractivity contribution in [2.24, 2.45) is 11.8 Å². The van der Waals surface area contributed by atoms with Gasteiger partial charge in [0.2, 0.25) is 6.29 Å². The van der Waals surface area contributed by atoms with E-state index in [1.807, 2.05) is 36.4 Å². The number of rotatable bonds is 8. The zero-order valence-corrected chi connectivity index (χ0v) is 18.4. The first-order chi connectivity index (χ1) is 16.5. The van der Waals surface area contributed by atoms with Crippen molar-refractivity contribution in [2.45, 2.75) is 19.3 Å². The molecule has 1 heterocycles. The third-order valence-electron chi connectivity index (χ3n) is 5.88. The summed E-state index contributed by atoms with van der Waals surface area (Å²) >= 11 is 0. The van der Waals surface area contributed by atoms with Gasteiger partial charge in [0.1, 0.15) is 6.61 Å². The lowest BCUT2D eigenvalue weighted by molar-refractivity contribution is -0.384. The Kier molecular flexibility index (Phi) is 7.03. The van der Waals surface area contributed by atoms with E-state index in [9.17, 15) is 19.7 Å². The van der Waals surface area contributed by atoms with Crippen molar-refractivity contribution in [3.05, 3.63) is 99.3 Å². The maximum absolute atomic E-state index is 12.5. The molecule has 1 aliphatic carbocycles. The monoisotopic (exact) mass is 465 g/mol. The molecular formula is C25H23NO8. The summed E-state index contributed by atoms with van der Waals surface area (Å²) in [6, 6.07) is 14.8. The smallest absolute Gasteiger partial charge is 0.338 e. The molecule has 2 aromatic rings. The predicted octanol–water partition coefficient (Wildman–Crippen LogP) is 3.94. The Bertz CT molecular complexity index is 1120. The molecule has 0 spiro atoms. The van der Waals surface area contributed by atoms with E-state index in [0.717, 1.165) is 11.1 Å². The van der Waals surface area contributed by atoms with Crippen LogP contribution in [-0.4, -0.2) is 36.9 Å². The van der Waals surface area contributed by atoms with E-state index < -0.39 is 23.2 Å². The van der Waals surface area contributed by atoms with Crippen molar-refractivity contribution in [2.75, 3.05) is 13.7 Å². The molecule has 0 saturated heterocycles. The number of hydrogen-bond acceptors (Lipinski definition) is 8. The number of nitro groups is 1. The van der Waals surface area contributed by atoms with Crippen LogP contribution in [0.4, 0.5) is 5.69 Å². The van der Waals surface area contributed by atoms with Gasteiger partial charge in [-0.05, 0) is 29.7 Å². The van der Waals surface area contributed by atoms with Crippen LogP contribution in [0.15, 0.2) is 78.1 Å². The van der Waals surface area contributed by atoms with Gasteiger partial charge in [-0.1, -0.05) is 36.4 Å². The molecule has 176 valence electrons. The minimum absolute atomic E-state index is 0.0278. The van der Waals surface area contributed by atoms with Crippen LogP contribution in [0.25, 0.3) is 0 Å². The maximum atomic E-state index is 12.5. The largest absolute Gasteiger partial charge is 0.471 e. The molecule has 0 unspecified atom stereocenters. The van der Waals surface area contributed by atoms with E-state index in [4.69, 9.17) is 18.9 Å². The second-order valence-corrected chi connectivity index (χ2v) is 7.89. The standard InChI is InChI=1S/C25H23NO8/c1-31-24(28)21-15-34-25(33-13-16-5-3-2-4-6-16)22-18(9-12-20(21)22)14-32-23(27)17-7-10-19(11-8-17)26(29)30/h2-11,15,20,22,25H,12-14H2,1H3/t20-,22-,25-/m1/s1. The number of methoxy groups -OCH3 is 1. The molecule has 9 nitrogen and oxygen atoms in total. The Morgan fingerprint density at radius 1 is 1.06 bits per heavy atom. The van der Waals surface area contributed by atoms with Gasteiger partial charge in [0.05, 0.1) is 42.0 Å². The molecule has 2 aromatic carbocycles. The molecule has 0 radical (unpaired) electrons. The van der Waals surface area contributed by atoms with Gasteiger partial charge in [0.15, 0.2) is 0 Å². The Balaban J connectivity index is 1.46. The Labute approximate surface area is 195 Å². The zero-order chi connectivity index (χ0) is 24.1. The van der Waals surface area contributed by atoms with Gasteiger partial charge in [-0.25, -0.2) is 9.59 Å². The summed E-state index contributed by atoms with van der Waals surface area (Å²) in [5, 5.41) is 10.8. The van der Waals surface area contributed by atoms with Crippen LogP contribution in [-0.2, 0) is 30.3 Å². The lowest BCUT2D eigenvalue weighted by atomic mass is 9.83. The van der Waals surface area contributed by atoms with Crippen molar-refractivity contribution in [1.29, 1.82) is 0 Å². The van der Waals surface area contributed by atoms with Crippen LogP contribution in [0, 0.1) is 22.0 Å². The Morgan fingerprint density at radius 3 is 2.47 bits per heavy atom. The van der Waals surface area contributed by atoms with E-state index in [-0.39, 0.29) is 29.7 Å². The number of non-ortho nitro benzene ring substituents is 1. The molecule has 3 atom stereocenters. The number of carbonyl (C=O) groups is 2. The summed E-state index contributed by atoms with van der Waals surface area (Å²) in [4.78, 5) is 35.0. The number of benzene rings is 2. The quantitative estimate of drug-likeness (QED) is 0.249. The summed E-state index contributed by atoms with van der Waals surface area (Å²) < 4.78 is 22.2. The number of nitrogens with zero attached hydrogens (tertiary/aromatic N) is 1. The van der Waals surface area contributed by atoms with Crippen molar-refractivity contribution in [3.8, 4) is 0 Å². The van der Waals surface area contributed by atoms with Crippen molar-refractivity contribution in [1.82, 2.24) is 0 Å². The first kappa shape index (κ1) is 23.2. The highest BCUT2D eigenvalue weighted by atomic mass is 16.7. The normalized spacial score (nSPS) is 20.9. The number of esters is 2. The topological polar surface area (TPSA) is 114 Å². The summed E-state index contributed by atoms with van der Waals surface area (Å²) in [7, 11) is 1.31. The van der Waals surface area contributed by atoms with Crippen molar-refractivity contribution < 1.29 is 33.5 Å².